The quantitative estimate of drug-likeness (QED) is 0.145. The van der Waals surface area contributed by atoms with Gasteiger partial charge in [-0.2, -0.15) is 21.0 Å². The Bertz CT molecular complexity index is 1820. The van der Waals surface area contributed by atoms with Gasteiger partial charge in [-0.15, -0.1) is 0 Å². The predicted octanol–water partition coefficient (Wildman–Crippen LogP) is 8.52. The van der Waals surface area contributed by atoms with Gasteiger partial charge < -0.3 is 23.0 Å². The Morgan fingerprint density at radius 3 is 1.09 bits per heavy atom. The van der Waals surface area contributed by atoms with Crippen LogP contribution in [0.1, 0.15) is 22.3 Å². The summed E-state index contributed by atoms with van der Waals surface area (Å²) >= 11 is 0. The Morgan fingerprint density at radius 1 is 0.364 bits per heavy atom. The maximum atomic E-state index is 9.26. The Balaban J connectivity index is 1.27. The van der Waals surface area contributed by atoms with Crippen molar-refractivity contribution in [1.29, 1.82) is 21.0 Å². The highest BCUT2D eigenvalue weighted by atomic mass is 31.2. The van der Waals surface area contributed by atoms with Gasteiger partial charge in [0, 0.05) is 0 Å². The summed E-state index contributed by atoms with van der Waals surface area (Å²) in [6.07, 6.45) is 0. The second-order valence-corrected chi connectivity index (χ2v) is 9.81. The molecule has 0 aliphatic rings. The molecular formula is C34H19N4O5P. The van der Waals surface area contributed by atoms with Crippen molar-refractivity contribution in [2.24, 2.45) is 0 Å². The van der Waals surface area contributed by atoms with Crippen molar-refractivity contribution in [1.82, 2.24) is 0 Å². The molecule has 0 saturated carbocycles. The highest BCUT2D eigenvalue weighted by Crippen LogP contribution is 2.43. The summed E-state index contributed by atoms with van der Waals surface area (Å²) in [5.74, 6) is 3.33. The van der Waals surface area contributed by atoms with Gasteiger partial charge in [0.1, 0.15) is 64.5 Å². The summed E-state index contributed by atoms with van der Waals surface area (Å²) in [5, 5.41) is 36.8. The molecule has 0 fully saturated rings. The lowest BCUT2D eigenvalue weighted by Crippen LogP contribution is -2.02. The molecule has 0 amide bonds. The molecule has 0 aliphatic heterocycles. The van der Waals surface area contributed by atoms with Crippen molar-refractivity contribution in [2.75, 3.05) is 0 Å². The number of hydrogen-bond donors (Lipinski definition) is 0. The van der Waals surface area contributed by atoms with Crippen molar-refractivity contribution >= 4 is 8.60 Å². The number of hydrogen-bond acceptors (Lipinski definition) is 9. The van der Waals surface area contributed by atoms with Gasteiger partial charge in [0.05, 0.1) is 22.3 Å². The highest BCUT2D eigenvalue weighted by molar-refractivity contribution is 7.43. The summed E-state index contributed by atoms with van der Waals surface area (Å²) in [5.41, 5.74) is 1.01. The molecule has 0 radical (unpaired) electrons. The number of para-hydroxylation sites is 1. The first kappa shape index (κ1) is 29.0. The van der Waals surface area contributed by atoms with Gasteiger partial charge in [-0.25, -0.2) is 0 Å². The van der Waals surface area contributed by atoms with E-state index in [2.05, 4.69) is 0 Å². The topological polar surface area (TPSA) is 141 Å². The minimum atomic E-state index is -1.94. The molecule has 5 aromatic rings. The zero-order valence-electron chi connectivity index (χ0n) is 22.7. The molecular weight excluding hydrogens is 575 g/mol. The van der Waals surface area contributed by atoms with Crippen LogP contribution < -0.4 is 23.0 Å². The van der Waals surface area contributed by atoms with Gasteiger partial charge in [-0.05, 0) is 97.1 Å². The van der Waals surface area contributed by atoms with Crippen molar-refractivity contribution in [3.05, 3.63) is 138 Å². The lowest BCUT2D eigenvalue weighted by molar-refractivity contribution is 0.387. The highest BCUT2D eigenvalue weighted by Gasteiger charge is 2.20. The third kappa shape index (κ3) is 7.41. The van der Waals surface area contributed by atoms with E-state index in [9.17, 15) is 10.5 Å². The van der Waals surface area contributed by atoms with Crippen molar-refractivity contribution in [3.63, 3.8) is 0 Å². The lowest BCUT2D eigenvalue weighted by Gasteiger charge is -2.18. The van der Waals surface area contributed by atoms with E-state index in [1.807, 2.05) is 42.5 Å². The van der Waals surface area contributed by atoms with E-state index >= 15 is 0 Å². The first-order chi connectivity index (χ1) is 21.6. The third-order valence-corrected chi connectivity index (χ3v) is 6.95. The monoisotopic (exact) mass is 594 g/mol. The second-order valence-electron chi connectivity index (χ2n) is 8.82. The molecule has 5 rings (SSSR count). The molecule has 0 aromatic heterocycles. The van der Waals surface area contributed by atoms with Crippen LogP contribution in [0.5, 0.6) is 40.2 Å². The maximum absolute atomic E-state index is 9.26. The van der Waals surface area contributed by atoms with Gasteiger partial charge >= 0.3 is 8.60 Å². The fourth-order valence-corrected chi connectivity index (χ4v) is 4.75. The molecule has 10 heteroatoms. The fraction of sp³-hybridized carbons (Fsp3) is 0. The number of ether oxygens (including phenoxy) is 2. The summed E-state index contributed by atoms with van der Waals surface area (Å²) in [6.45, 7) is 0. The number of benzene rings is 5. The Labute approximate surface area is 254 Å². The maximum Gasteiger partial charge on any atom is 0.530 e. The summed E-state index contributed by atoms with van der Waals surface area (Å²) < 4.78 is 29.8. The SMILES string of the molecule is N#Cc1ccc(Oc2ccc(OP(Oc3ccccc3)Oc3ccc(Oc4ccc(C#N)c(C#N)c4)cc3)cc2)cc1C#N. The average molecular weight is 595 g/mol. The average Bonchev–Trinajstić information content (AvgIpc) is 3.06. The molecule has 0 heterocycles. The van der Waals surface area contributed by atoms with E-state index in [4.69, 9.17) is 33.6 Å². The number of nitrogens with zero attached hydrogens (tertiary/aromatic N) is 4. The summed E-state index contributed by atoms with van der Waals surface area (Å²) in [6, 6.07) is 39.9. The molecule has 0 spiro atoms. The molecule has 0 saturated heterocycles. The van der Waals surface area contributed by atoms with Crippen LogP contribution in [0.2, 0.25) is 0 Å². The zero-order chi connectivity index (χ0) is 30.7. The normalized spacial score (nSPS) is 9.93. The largest absolute Gasteiger partial charge is 0.530 e. The molecule has 0 N–H and O–H groups in total. The van der Waals surface area contributed by atoms with Crippen LogP contribution in [0.15, 0.2) is 115 Å². The third-order valence-electron chi connectivity index (χ3n) is 5.87. The zero-order valence-corrected chi connectivity index (χ0v) is 23.6. The van der Waals surface area contributed by atoms with Crippen LogP contribution in [0.4, 0.5) is 0 Å². The van der Waals surface area contributed by atoms with Crippen molar-refractivity contribution in [2.45, 2.75) is 0 Å². The predicted molar refractivity (Wildman–Crippen MR) is 160 cm³/mol. The van der Waals surface area contributed by atoms with Crippen molar-refractivity contribution < 1.29 is 23.0 Å². The minimum absolute atomic E-state index is 0.229. The first-order valence-corrected chi connectivity index (χ1v) is 14.0. The molecule has 210 valence electrons. The molecule has 0 unspecified atom stereocenters. The standard InChI is InChI=1S/C34H19N4O5P/c35-20-24-6-8-33(18-26(24)22-37)39-28-10-14-31(15-11-28)42-44(41-30-4-2-1-3-5-30)43-32-16-12-29(13-17-32)40-34-9-7-25(21-36)27(19-34)23-38/h1-19H. The van der Waals surface area contributed by atoms with Gasteiger partial charge in [0.25, 0.3) is 0 Å². The van der Waals surface area contributed by atoms with E-state index in [0.29, 0.717) is 40.2 Å². The van der Waals surface area contributed by atoms with Crippen LogP contribution in [0.25, 0.3) is 0 Å². The second kappa shape index (κ2) is 13.9. The Kier molecular flexibility index (Phi) is 9.16. The smallest absolute Gasteiger partial charge is 0.457 e. The Hall–Kier alpha value is -6.51. The van der Waals surface area contributed by atoms with E-state index < -0.39 is 8.60 Å². The summed E-state index contributed by atoms with van der Waals surface area (Å²) in [7, 11) is -1.94. The Morgan fingerprint density at radius 2 is 0.705 bits per heavy atom. The van der Waals surface area contributed by atoms with E-state index in [-0.39, 0.29) is 22.3 Å². The van der Waals surface area contributed by atoms with Gasteiger partial charge in [0.15, 0.2) is 0 Å². The van der Waals surface area contributed by atoms with E-state index in [1.165, 1.54) is 24.3 Å². The van der Waals surface area contributed by atoms with Crippen LogP contribution in [-0.4, -0.2) is 0 Å². The minimum Gasteiger partial charge on any atom is -0.457 e. The molecule has 5 aromatic carbocycles. The van der Waals surface area contributed by atoms with Gasteiger partial charge in [-0.3, -0.25) is 0 Å². The summed E-state index contributed by atoms with van der Waals surface area (Å²) in [4.78, 5) is 0. The molecule has 9 nitrogen and oxygen atoms in total. The molecule has 0 atom stereocenters. The van der Waals surface area contributed by atoms with Gasteiger partial charge in [-0.1, -0.05) is 18.2 Å². The molecule has 0 aliphatic carbocycles. The van der Waals surface area contributed by atoms with Crippen LogP contribution in [-0.2, 0) is 0 Å². The lowest BCUT2D eigenvalue weighted by atomic mass is 10.1. The van der Waals surface area contributed by atoms with Crippen molar-refractivity contribution in [3.8, 4) is 64.5 Å². The fourth-order valence-electron chi connectivity index (χ4n) is 3.76. The van der Waals surface area contributed by atoms with Crippen LogP contribution >= 0.6 is 8.60 Å². The van der Waals surface area contributed by atoms with E-state index in [1.54, 1.807) is 72.8 Å². The first-order valence-electron chi connectivity index (χ1n) is 12.9. The number of rotatable bonds is 10. The van der Waals surface area contributed by atoms with Gasteiger partial charge in [0.2, 0.25) is 0 Å². The molecule has 0 bridgehead atoms. The van der Waals surface area contributed by atoms with E-state index in [0.717, 1.165) is 0 Å². The van der Waals surface area contributed by atoms with Crippen LogP contribution in [0.3, 0.4) is 0 Å². The van der Waals surface area contributed by atoms with Crippen LogP contribution in [0, 0.1) is 45.3 Å². The number of nitriles is 4. The molecule has 44 heavy (non-hydrogen) atoms.